The Labute approximate surface area is 146 Å². The normalized spacial score (nSPS) is 10.4. The van der Waals surface area contributed by atoms with Crippen molar-refractivity contribution in [3.63, 3.8) is 0 Å². The van der Waals surface area contributed by atoms with Crippen LogP contribution in [-0.4, -0.2) is 35.2 Å². The summed E-state index contributed by atoms with van der Waals surface area (Å²) in [4.78, 5) is 23.9. The molecule has 0 aliphatic carbocycles. The second kappa shape index (κ2) is 8.77. The number of amides is 1. The fourth-order valence-corrected chi connectivity index (χ4v) is 2.02. The molecule has 25 heavy (non-hydrogen) atoms. The summed E-state index contributed by atoms with van der Waals surface area (Å²) in [5.41, 5.74) is 1.21. The summed E-state index contributed by atoms with van der Waals surface area (Å²) in [7, 11) is 0. The van der Waals surface area contributed by atoms with E-state index in [0.29, 0.717) is 36.1 Å². The number of aromatic nitrogens is 2. The molecule has 0 aliphatic rings. The van der Waals surface area contributed by atoms with Gasteiger partial charge in [-0.2, -0.15) is 0 Å². The largest absolute Gasteiger partial charge is 0.462 e. The highest BCUT2D eigenvalue weighted by Gasteiger charge is 2.13. The van der Waals surface area contributed by atoms with Crippen LogP contribution in [0.25, 0.3) is 0 Å². The maximum atomic E-state index is 12.0. The van der Waals surface area contributed by atoms with E-state index >= 15 is 0 Å². The third kappa shape index (κ3) is 5.27. The van der Waals surface area contributed by atoms with E-state index in [9.17, 15) is 9.59 Å². The number of ether oxygens (including phenoxy) is 1. The lowest BCUT2D eigenvalue weighted by molar-refractivity contribution is 0.0527. The third-order valence-corrected chi connectivity index (χ3v) is 3.25. The van der Waals surface area contributed by atoms with Crippen LogP contribution >= 0.6 is 0 Å². The molecule has 1 aromatic carbocycles. The number of carbonyl (C=O) groups excluding carboxylic acids is 2. The van der Waals surface area contributed by atoms with Crippen LogP contribution in [-0.2, 0) is 4.74 Å². The summed E-state index contributed by atoms with van der Waals surface area (Å²) in [5.74, 6) is 0.109. The molecule has 0 atom stereocenters. The van der Waals surface area contributed by atoms with Gasteiger partial charge in [0.05, 0.1) is 17.9 Å². The van der Waals surface area contributed by atoms with Gasteiger partial charge in [0, 0.05) is 6.54 Å². The molecule has 2 N–H and O–H groups in total. The first-order valence-corrected chi connectivity index (χ1v) is 8.16. The van der Waals surface area contributed by atoms with E-state index in [1.54, 1.807) is 43.3 Å². The average molecular weight is 342 g/mol. The molecule has 1 heterocycles. The molecule has 2 rings (SSSR count). The van der Waals surface area contributed by atoms with Gasteiger partial charge in [0.25, 0.3) is 5.91 Å². The van der Waals surface area contributed by atoms with Crippen LogP contribution in [0.2, 0.25) is 0 Å². The second-order valence-electron chi connectivity index (χ2n) is 5.80. The highest BCUT2D eigenvalue weighted by molar-refractivity contribution is 5.96. The van der Waals surface area contributed by atoms with Gasteiger partial charge in [-0.1, -0.05) is 26.0 Å². The highest BCUT2D eigenvalue weighted by Crippen LogP contribution is 2.20. The number of para-hydroxylation sites is 1. The van der Waals surface area contributed by atoms with Crippen molar-refractivity contribution < 1.29 is 14.3 Å². The van der Waals surface area contributed by atoms with Gasteiger partial charge in [-0.25, -0.2) is 4.79 Å². The molecule has 1 aromatic heterocycles. The molecule has 0 saturated heterocycles. The Hall–Kier alpha value is -2.96. The number of esters is 1. The lowest BCUT2D eigenvalue weighted by Crippen LogP contribution is -2.28. The van der Waals surface area contributed by atoms with Crippen molar-refractivity contribution >= 4 is 23.4 Å². The number of hydrogen-bond acceptors (Lipinski definition) is 6. The van der Waals surface area contributed by atoms with Gasteiger partial charge in [-0.15, -0.1) is 10.2 Å². The maximum absolute atomic E-state index is 12.0. The SMILES string of the molecule is CCOC(=O)c1ccccc1Nc1ccc(C(=O)NCC(C)C)nn1. The molecule has 2 aromatic rings. The number of nitrogens with one attached hydrogen (secondary N) is 2. The summed E-state index contributed by atoms with van der Waals surface area (Å²) in [6.07, 6.45) is 0. The summed E-state index contributed by atoms with van der Waals surface area (Å²) in [6.45, 7) is 6.66. The molecule has 1 amide bonds. The summed E-state index contributed by atoms with van der Waals surface area (Å²) < 4.78 is 5.04. The van der Waals surface area contributed by atoms with E-state index in [1.807, 2.05) is 13.8 Å². The Kier molecular flexibility index (Phi) is 6.45. The van der Waals surface area contributed by atoms with Crippen molar-refractivity contribution in [1.82, 2.24) is 15.5 Å². The zero-order valence-corrected chi connectivity index (χ0v) is 14.6. The molecule has 7 nitrogen and oxygen atoms in total. The zero-order chi connectivity index (χ0) is 18.2. The first kappa shape index (κ1) is 18.4. The van der Waals surface area contributed by atoms with E-state index in [4.69, 9.17) is 4.74 Å². The van der Waals surface area contributed by atoms with Crippen LogP contribution in [0.15, 0.2) is 36.4 Å². The van der Waals surface area contributed by atoms with Crippen molar-refractivity contribution in [3.05, 3.63) is 47.7 Å². The van der Waals surface area contributed by atoms with Crippen LogP contribution in [0.1, 0.15) is 41.6 Å². The van der Waals surface area contributed by atoms with E-state index in [1.165, 1.54) is 0 Å². The number of benzene rings is 1. The molecular formula is C18H22N4O3. The fourth-order valence-electron chi connectivity index (χ4n) is 2.02. The molecule has 0 bridgehead atoms. The minimum absolute atomic E-state index is 0.241. The third-order valence-electron chi connectivity index (χ3n) is 3.25. The van der Waals surface area contributed by atoms with Gasteiger partial charge >= 0.3 is 5.97 Å². The fraction of sp³-hybridized carbons (Fsp3) is 0.333. The Morgan fingerprint density at radius 2 is 1.88 bits per heavy atom. The first-order valence-electron chi connectivity index (χ1n) is 8.16. The Balaban J connectivity index is 2.09. The molecule has 0 aliphatic heterocycles. The van der Waals surface area contributed by atoms with Crippen molar-refractivity contribution in [1.29, 1.82) is 0 Å². The van der Waals surface area contributed by atoms with Gasteiger partial charge in [0.2, 0.25) is 0 Å². The van der Waals surface area contributed by atoms with Gasteiger partial charge in [0.1, 0.15) is 0 Å². The monoisotopic (exact) mass is 342 g/mol. The van der Waals surface area contributed by atoms with E-state index in [-0.39, 0.29) is 11.6 Å². The number of hydrogen-bond donors (Lipinski definition) is 2. The minimum atomic E-state index is -0.414. The van der Waals surface area contributed by atoms with Crippen LogP contribution in [0.3, 0.4) is 0 Å². The predicted molar refractivity (Wildman–Crippen MR) is 94.9 cm³/mol. The zero-order valence-electron chi connectivity index (χ0n) is 14.6. The predicted octanol–water partition coefficient (Wildman–Crippen LogP) is 2.78. The van der Waals surface area contributed by atoms with Gasteiger partial charge in [-0.3, -0.25) is 4.79 Å². The van der Waals surface area contributed by atoms with Crippen LogP contribution in [0, 0.1) is 5.92 Å². The van der Waals surface area contributed by atoms with Crippen molar-refractivity contribution in [2.75, 3.05) is 18.5 Å². The molecule has 0 saturated carbocycles. The van der Waals surface area contributed by atoms with Crippen LogP contribution in [0.4, 0.5) is 11.5 Å². The van der Waals surface area contributed by atoms with Crippen LogP contribution < -0.4 is 10.6 Å². The number of carbonyl (C=O) groups is 2. The van der Waals surface area contributed by atoms with Crippen molar-refractivity contribution in [3.8, 4) is 0 Å². The lowest BCUT2D eigenvalue weighted by Gasteiger charge is -2.11. The second-order valence-corrected chi connectivity index (χ2v) is 5.80. The summed E-state index contributed by atoms with van der Waals surface area (Å²) >= 11 is 0. The van der Waals surface area contributed by atoms with Gasteiger partial charge < -0.3 is 15.4 Å². The number of rotatable bonds is 7. The molecular weight excluding hydrogens is 320 g/mol. The average Bonchev–Trinajstić information content (AvgIpc) is 2.61. The lowest BCUT2D eigenvalue weighted by atomic mass is 10.2. The summed E-state index contributed by atoms with van der Waals surface area (Å²) in [6, 6.07) is 10.2. The topological polar surface area (TPSA) is 93.2 Å². The number of anilines is 2. The molecule has 0 spiro atoms. The Bertz CT molecular complexity index is 729. The quantitative estimate of drug-likeness (QED) is 0.752. The standard InChI is InChI=1S/C18H22N4O3/c1-4-25-18(24)13-7-5-6-8-14(13)20-16-10-9-15(21-22-16)17(23)19-11-12(2)3/h5-10,12H,4,11H2,1-3H3,(H,19,23)(H,20,22). The van der Waals surface area contributed by atoms with E-state index < -0.39 is 5.97 Å². The minimum Gasteiger partial charge on any atom is -0.462 e. The first-order chi connectivity index (χ1) is 12.0. The summed E-state index contributed by atoms with van der Waals surface area (Å²) in [5, 5.41) is 13.7. The highest BCUT2D eigenvalue weighted by atomic mass is 16.5. The number of nitrogens with zero attached hydrogens (tertiary/aromatic N) is 2. The van der Waals surface area contributed by atoms with Crippen molar-refractivity contribution in [2.45, 2.75) is 20.8 Å². The molecule has 0 unspecified atom stereocenters. The van der Waals surface area contributed by atoms with Crippen molar-refractivity contribution in [2.24, 2.45) is 5.92 Å². The molecule has 0 fully saturated rings. The maximum Gasteiger partial charge on any atom is 0.340 e. The van der Waals surface area contributed by atoms with E-state index in [2.05, 4.69) is 20.8 Å². The Morgan fingerprint density at radius 1 is 1.12 bits per heavy atom. The van der Waals surface area contributed by atoms with Gasteiger partial charge in [0.15, 0.2) is 11.5 Å². The molecule has 7 heteroatoms. The molecule has 132 valence electrons. The smallest absolute Gasteiger partial charge is 0.340 e. The molecule has 0 radical (unpaired) electrons. The van der Waals surface area contributed by atoms with Crippen LogP contribution in [0.5, 0.6) is 0 Å². The van der Waals surface area contributed by atoms with E-state index in [0.717, 1.165) is 0 Å². The Morgan fingerprint density at radius 3 is 2.52 bits per heavy atom. The van der Waals surface area contributed by atoms with Gasteiger partial charge in [-0.05, 0) is 37.1 Å².